The average Bonchev–Trinajstić information content (AvgIpc) is 3.30. The highest BCUT2D eigenvalue weighted by atomic mass is 19.1. The number of fused-ring (bicyclic) bond motifs is 1. The number of carboxylic acids is 1. The van der Waals surface area contributed by atoms with E-state index in [-0.39, 0.29) is 23.6 Å². The maximum absolute atomic E-state index is 15.0. The fourth-order valence-corrected chi connectivity index (χ4v) is 5.60. The molecule has 0 spiro atoms. The lowest BCUT2D eigenvalue weighted by molar-refractivity contribution is 0.0695. The maximum Gasteiger partial charge on any atom is 0.335 e. The number of aryl methyl sites for hydroxylation is 1. The number of anilines is 1. The van der Waals surface area contributed by atoms with Gasteiger partial charge in [0.1, 0.15) is 17.3 Å². The van der Waals surface area contributed by atoms with Gasteiger partial charge in [0.25, 0.3) is 0 Å². The van der Waals surface area contributed by atoms with Crippen molar-refractivity contribution in [3.8, 4) is 0 Å². The van der Waals surface area contributed by atoms with Crippen LogP contribution in [0.3, 0.4) is 0 Å². The standard InChI is InChI=1S/C31H30F2N2O2/c1-19-7-5-10-22(13-19)27-18-35(30-28(32)14-23(31(36)37)15-29(30)33)17-24(27)16-34-20(2)25-12-6-9-21-8-3-4-11-26(21)25/h3-15,20,24,27,34H,16-18H2,1-2H3,(H,36,37)/t20-,24+,27-/m1/s1. The molecule has 6 heteroatoms. The second kappa shape index (κ2) is 10.3. The zero-order valence-electron chi connectivity index (χ0n) is 20.9. The molecular formula is C31H30F2N2O2. The van der Waals surface area contributed by atoms with Gasteiger partial charge in [0, 0.05) is 31.6 Å². The average molecular weight is 501 g/mol. The summed E-state index contributed by atoms with van der Waals surface area (Å²) in [6, 6.07) is 24.7. The predicted molar refractivity (Wildman–Crippen MR) is 143 cm³/mol. The van der Waals surface area contributed by atoms with Crippen LogP contribution in [-0.4, -0.2) is 30.7 Å². The fourth-order valence-electron chi connectivity index (χ4n) is 5.60. The lowest BCUT2D eigenvalue weighted by Crippen LogP contribution is -2.30. The van der Waals surface area contributed by atoms with E-state index in [1.165, 1.54) is 16.3 Å². The Labute approximate surface area is 215 Å². The second-order valence-electron chi connectivity index (χ2n) is 9.98. The van der Waals surface area contributed by atoms with Crippen molar-refractivity contribution in [2.45, 2.75) is 25.8 Å². The monoisotopic (exact) mass is 500 g/mol. The SMILES string of the molecule is Cc1cccc([C@H]2CN(c3c(F)cc(C(=O)O)cc3F)C[C@@H]2CN[C@H](C)c2cccc3ccccc23)c1. The molecule has 3 atom stereocenters. The molecule has 1 heterocycles. The lowest BCUT2D eigenvalue weighted by atomic mass is 9.88. The van der Waals surface area contributed by atoms with Gasteiger partial charge in [-0.05, 0) is 53.8 Å². The topological polar surface area (TPSA) is 52.6 Å². The van der Waals surface area contributed by atoms with Crippen molar-refractivity contribution < 1.29 is 18.7 Å². The largest absolute Gasteiger partial charge is 0.478 e. The molecule has 0 aliphatic carbocycles. The first-order valence-corrected chi connectivity index (χ1v) is 12.6. The number of rotatable bonds is 7. The van der Waals surface area contributed by atoms with Crippen LogP contribution in [0, 0.1) is 24.5 Å². The van der Waals surface area contributed by atoms with E-state index in [0.717, 1.165) is 23.3 Å². The maximum atomic E-state index is 15.0. The Kier molecular flexibility index (Phi) is 6.94. The van der Waals surface area contributed by atoms with Gasteiger partial charge < -0.3 is 15.3 Å². The number of halogens is 2. The minimum Gasteiger partial charge on any atom is -0.478 e. The van der Waals surface area contributed by atoms with E-state index >= 15 is 0 Å². The molecule has 4 aromatic carbocycles. The molecule has 5 rings (SSSR count). The summed E-state index contributed by atoms with van der Waals surface area (Å²) >= 11 is 0. The van der Waals surface area contributed by atoms with Crippen LogP contribution in [-0.2, 0) is 0 Å². The van der Waals surface area contributed by atoms with E-state index in [0.29, 0.717) is 19.6 Å². The highest BCUT2D eigenvalue weighted by Crippen LogP contribution is 2.38. The number of carboxylic acid groups (broad SMARTS) is 1. The molecule has 1 aliphatic heterocycles. The Morgan fingerprint density at radius 2 is 1.70 bits per heavy atom. The number of benzene rings is 4. The Bertz CT molecular complexity index is 1430. The highest BCUT2D eigenvalue weighted by Gasteiger charge is 2.36. The summed E-state index contributed by atoms with van der Waals surface area (Å²) in [6.07, 6.45) is 0. The Hall–Kier alpha value is -3.77. The van der Waals surface area contributed by atoms with Crippen LogP contribution in [0.4, 0.5) is 14.5 Å². The molecule has 4 nitrogen and oxygen atoms in total. The molecule has 0 aromatic heterocycles. The molecule has 37 heavy (non-hydrogen) atoms. The molecule has 190 valence electrons. The van der Waals surface area contributed by atoms with Crippen LogP contribution in [0.15, 0.2) is 78.9 Å². The van der Waals surface area contributed by atoms with Crippen molar-refractivity contribution in [2.24, 2.45) is 5.92 Å². The van der Waals surface area contributed by atoms with Crippen molar-refractivity contribution >= 4 is 22.4 Å². The summed E-state index contributed by atoms with van der Waals surface area (Å²) < 4.78 is 29.9. The molecule has 0 unspecified atom stereocenters. The van der Waals surface area contributed by atoms with Crippen molar-refractivity contribution in [3.05, 3.63) is 113 Å². The number of nitrogens with zero attached hydrogens (tertiary/aromatic N) is 1. The van der Waals surface area contributed by atoms with E-state index in [1.807, 2.05) is 31.2 Å². The third kappa shape index (κ3) is 5.07. The number of hydrogen-bond acceptors (Lipinski definition) is 3. The summed E-state index contributed by atoms with van der Waals surface area (Å²) in [5.41, 5.74) is 2.93. The first kappa shape index (κ1) is 24.9. The van der Waals surface area contributed by atoms with Crippen LogP contribution in [0.2, 0.25) is 0 Å². The Morgan fingerprint density at radius 1 is 1.00 bits per heavy atom. The summed E-state index contributed by atoms with van der Waals surface area (Å²) in [7, 11) is 0. The quantitative estimate of drug-likeness (QED) is 0.297. The smallest absolute Gasteiger partial charge is 0.335 e. The molecule has 1 aliphatic rings. The molecule has 0 amide bonds. The fraction of sp³-hybridized carbons (Fsp3) is 0.258. The Morgan fingerprint density at radius 3 is 2.43 bits per heavy atom. The summed E-state index contributed by atoms with van der Waals surface area (Å²) in [6.45, 7) is 5.74. The molecular weight excluding hydrogens is 470 g/mol. The number of nitrogens with one attached hydrogen (secondary N) is 1. The lowest BCUT2D eigenvalue weighted by Gasteiger charge is -2.23. The minimum atomic E-state index is -1.35. The van der Waals surface area contributed by atoms with E-state index < -0.39 is 23.2 Å². The van der Waals surface area contributed by atoms with Gasteiger partial charge in [0.2, 0.25) is 0 Å². The first-order valence-electron chi connectivity index (χ1n) is 12.6. The molecule has 0 saturated carbocycles. The molecule has 1 fully saturated rings. The molecule has 1 saturated heterocycles. The number of carbonyl (C=O) groups is 1. The van der Waals surface area contributed by atoms with Crippen molar-refractivity contribution in [3.63, 3.8) is 0 Å². The van der Waals surface area contributed by atoms with Gasteiger partial charge in [0.05, 0.1) is 5.56 Å². The van der Waals surface area contributed by atoms with Crippen LogP contribution < -0.4 is 10.2 Å². The third-order valence-electron chi connectivity index (χ3n) is 7.47. The van der Waals surface area contributed by atoms with Crippen LogP contribution in [0.25, 0.3) is 10.8 Å². The van der Waals surface area contributed by atoms with Gasteiger partial charge in [0.15, 0.2) is 0 Å². The summed E-state index contributed by atoms with van der Waals surface area (Å²) in [5.74, 6) is -2.90. The van der Waals surface area contributed by atoms with Crippen molar-refractivity contribution in [1.29, 1.82) is 0 Å². The van der Waals surface area contributed by atoms with Gasteiger partial charge in [-0.15, -0.1) is 0 Å². The number of aromatic carboxylic acids is 1. The van der Waals surface area contributed by atoms with Gasteiger partial charge in [-0.3, -0.25) is 0 Å². The van der Waals surface area contributed by atoms with Gasteiger partial charge in [-0.25, -0.2) is 13.6 Å². The van der Waals surface area contributed by atoms with Crippen LogP contribution in [0.5, 0.6) is 0 Å². The third-order valence-corrected chi connectivity index (χ3v) is 7.47. The second-order valence-corrected chi connectivity index (χ2v) is 9.98. The van der Waals surface area contributed by atoms with Crippen LogP contribution >= 0.6 is 0 Å². The molecule has 2 N–H and O–H groups in total. The molecule has 0 bridgehead atoms. The normalized spacial score (nSPS) is 18.3. The molecule has 4 aromatic rings. The minimum absolute atomic E-state index is 0.0602. The first-order chi connectivity index (χ1) is 17.8. The predicted octanol–water partition coefficient (Wildman–Crippen LogP) is 6.70. The van der Waals surface area contributed by atoms with E-state index in [4.69, 9.17) is 0 Å². The van der Waals surface area contributed by atoms with Gasteiger partial charge in [-0.1, -0.05) is 72.3 Å². The van der Waals surface area contributed by atoms with Crippen molar-refractivity contribution in [2.75, 3.05) is 24.5 Å². The van der Waals surface area contributed by atoms with Crippen molar-refractivity contribution in [1.82, 2.24) is 5.32 Å². The Balaban J connectivity index is 1.42. The highest BCUT2D eigenvalue weighted by molar-refractivity contribution is 5.88. The zero-order valence-corrected chi connectivity index (χ0v) is 20.9. The van der Waals surface area contributed by atoms with E-state index in [2.05, 4.69) is 54.7 Å². The van der Waals surface area contributed by atoms with Gasteiger partial charge >= 0.3 is 5.97 Å². The van der Waals surface area contributed by atoms with Crippen LogP contribution in [0.1, 0.15) is 45.9 Å². The summed E-state index contributed by atoms with van der Waals surface area (Å²) in [5, 5.41) is 15.2. The summed E-state index contributed by atoms with van der Waals surface area (Å²) in [4.78, 5) is 13.0. The number of hydrogen-bond donors (Lipinski definition) is 2. The van der Waals surface area contributed by atoms with E-state index in [9.17, 15) is 18.7 Å². The molecule has 0 radical (unpaired) electrons. The zero-order chi connectivity index (χ0) is 26.1. The van der Waals surface area contributed by atoms with Gasteiger partial charge in [-0.2, -0.15) is 0 Å². The van der Waals surface area contributed by atoms with E-state index in [1.54, 1.807) is 4.90 Å².